The highest BCUT2D eigenvalue weighted by molar-refractivity contribution is 5.57. The third-order valence-electron chi connectivity index (χ3n) is 2.33. The number of aromatic nitrogens is 2. The van der Waals surface area contributed by atoms with Gasteiger partial charge in [-0.05, 0) is 18.2 Å². The number of rotatable bonds is 3. The Kier molecular flexibility index (Phi) is 3.34. The molecule has 3 N–H and O–H groups in total. The minimum atomic E-state index is -0.459. The van der Waals surface area contributed by atoms with Crippen molar-refractivity contribution in [3.05, 3.63) is 40.4 Å². The van der Waals surface area contributed by atoms with Crippen LogP contribution in [0, 0.1) is 11.3 Å². The van der Waals surface area contributed by atoms with Gasteiger partial charge in [0.1, 0.15) is 0 Å². The molecule has 0 amide bonds. The van der Waals surface area contributed by atoms with E-state index in [0.29, 0.717) is 5.56 Å². The zero-order valence-electron chi connectivity index (χ0n) is 10.0. The normalized spacial score (nSPS) is 9.68. The second-order valence-corrected chi connectivity index (χ2v) is 3.54. The molecular weight excluding hydrogens is 248 g/mol. The molecule has 0 atom stereocenters. The molecule has 0 aliphatic heterocycles. The van der Waals surface area contributed by atoms with Crippen LogP contribution in [0.2, 0.25) is 0 Å². The first-order valence-corrected chi connectivity index (χ1v) is 5.25. The maximum Gasteiger partial charge on any atom is 0.297 e. The molecule has 0 radical (unpaired) electrons. The summed E-state index contributed by atoms with van der Waals surface area (Å²) in [6.07, 6.45) is 1.19. The first-order chi connectivity index (χ1) is 9.15. The largest absolute Gasteiger partial charge is 0.487 e. The maximum atomic E-state index is 11.5. The lowest BCUT2D eigenvalue weighted by Crippen LogP contribution is -2.11. The van der Waals surface area contributed by atoms with E-state index in [9.17, 15) is 4.79 Å². The lowest BCUT2D eigenvalue weighted by atomic mass is 10.2. The van der Waals surface area contributed by atoms with Crippen molar-refractivity contribution in [2.75, 3.05) is 12.8 Å². The number of aromatic amines is 1. The molecule has 2 aromatic rings. The fourth-order valence-corrected chi connectivity index (χ4v) is 1.44. The summed E-state index contributed by atoms with van der Waals surface area (Å²) >= 11 is 0. The van der Waals surface area contributed by atoms with Crippen molar-refractivity contribution in [3.63, 3.8) is 0 Å². The van der Waals surface area contributed by atoms with Crippen molar-refractivity contribution in [1.29, 1.82) is 5.26 Å². The molecule has 7 heteroatoms. The monoisotopic (exact) mass is 258 g/mol. The summed E-state index contributed by atoms with van der Waals surface area (Å²) in [4.78, 5) is 17.7. The van der Waals surface area contributed by atoms with Crippen LogP contribution in [0.5, 0.6) is 17.4 Å². The summed E-state index contributed by atoms with van der Waals surface area (Å²) in [6.45, 7) is 0. The fourth-order valence-electron chi connectivity index (χ4n) is 1.44. The Morgan fingerprint density at radius 3 is 2.89 bits per heavy atom. The van der Waals surface area contributed by atoms with Gasteiger partial charge >= 0.3 is 0 Å². The summed E-state index contributed by atoms with van der Waals surface area (Å²) in [5.74, 6) is 0.240. The fraction of sp³-hybridized carbons (Fsp3) is 0.0833. The molecule has 1 heterocycles. The van der Waals surface area contributed by atoms with Crippen LogP contribution in [0.15, 0.2) is 29.3 Å². The van der Waals surface area contributed by atoms with Crippen LogP contribution in [0.3, 0.4) is 0 Å². The van der Waals surface area contributed by atoms with Gasteiger partial charge in [-0.15, -0.1) is 0 Å². The van der Waals surface area contributed by atoms with Gasteiger partial charge < -0.3 is 20.2 Å². The van der Waals surface area contributed by atoms with Gasteiger partial charge in [0.2, 0.25) is 5.75 Å². The van der Waals surface area contributed by atoms with Crippen molar-refractivity contribution in [2.24, 2.45) is 0 Å². The van der Waals surface area contributed by atoms with Crippen LogP contribution in [0.25, 0.3) is 0 Å². The predicted octanol–water partition coefficient (Wildman–Crippen LogP) is 1.02. The van der Waals surface area contributed by atoms with Crippen LogP contribution in [0.1, 0.15) is 5.56 Å². The molecular formula is C12H10N4O3. The number of nitrogens with zero attached hydrogens (tertiary/aromatic N) is 2. The standard InChI is InChI=1S/C12H10N4O3/c1-18-10-11(17)15-6-16-12(10)19-9-3-2-7(5-13)4-8(9)14/h2-4,6H,14H2,1H3,(H,15,16,17). The van der Waals surface area contributed by atoms with Gasteiger partial charge in [0.25, 0.3) is 11.4 Å². The van der Waals surface area contributed by atoms with Gasteiger partial charge in [0.05, 0.1) is 30.8 Å². The third kappa shape index (κ3) is 2.47. The van der Waals surface area contributed by atoms with E-state index >= 15 is 0 Å². The molecule has 1 aromatic carbocycles. The van der Waals surface area contributed by atoms with Gasteiger partial charge in [-0.25, -0.2) is 4.98 Å². The molecule has 1 aromatic heterocycles. The number of nitrogens with two attached hydrogens (primary N) is 1. The SMILES string of the molecule is COc1c(Oc2ccc(C#N)cc2N)nc[nH]c1=O. The van der Waals surface area contributed by atoms with E-state index in [2.05, 4.69) is 9.97 Å². The molecule has 7 nitrogen and oxygen atoms in total. The van der Waals surface area contributed by atoms with E-state index in [1.165, 1.54) is 25.6 Å². The molecule has 0 saturated carbocycles. The number of hydrogen-bond acceptors (Lipinski definition) is 6. The number of anilines is 1. The topological polar surface area (TPSA) is 114 Å². The highest BCUT2D eigenvalue weighted by Gasteiger charge is 2.13. The zero-order valence-corrected chi connectivity index (χ0v) is 10.0. The number of ether oxygens (including phenoxy) is 2. The van der Waals surface area contributed by atoms with E-state index in [-0.39, 0.29) is 23.1 Å². The van der Waals surface area contributed by atoms with Crippen molar-refractivity contribution >= 4 is 5.69 Å². The molecule has 96 valence electrons. The molecule has 19 heavy (non-hydrogen) atoms. The minimum Gasteiger partial charge on any atom is -0.487 e. The van der Waals surface area contributed by atoms with E-state index in [1.807, 2.05) is 6.07 Å². The number of H-pyrrole nitrogens is 1. The van der Waals surface area contributed by atoms with Crippen molar-refractivity contribution < 1.29 is 9.47 Å². The van der Waals surface area contributed by atoms with Crippen molar-refractivity contribution in [3.8, 4) is 23.4 Å². The number of methoxy groups -OCH3 is 1. The average Bonchev–Trinajstić information content (AvgIpc) is 2.41. The Labute approximate surface area is 108 Å². The molecule has 0 spiro atoms. The third-order valence-corrected chi connectivity index (χ3v) is 2.33. The molecule has 2 rings (SSSR count). The summed E-state index contributed by atoms with van der Waals surface area (Å²) in [6, 6.07) is 6.50. The number of hydrogen-bond donors (Lipinski definition) is 2. The Hall–Kier alpha value is -3.01. The quantitative estimate of drug-likeness (QED) is 0.794. The number of nitrogens with one attached hydrogen (secondary N) is 1. The molecule has 0 unspecified atom stereocenters. The second kappa shape index (κ2) is 5.10. The second-order valence-electron chi connectivity index (χ2n) is 3.54. The van der Waals surface area contributed by atoms with Crippen LogP contribution in [-0.4, -0.2) is 17.1 Å². The van der Waals surface area contributed by atoms with Crippen LogP contribution >= 0.6 is 0 Å². The lowest BCUT2D eigenvalue weighted by molar-refractivity contribution is 0.363. The van der Waals surface area contributed by atoms with Crippen LogP contribution in [-0.2, 0) is 0 Å². The smallest absolute Gasteiger partial charge is 0.297 e. The van der Waals surface area contributed by atoms with E-state index in [1.54, 1.807) is 6.07 Å². The van der Waals surface area contributed by atoms with Gasteiger partial charge in [-0.1, -0.05) is 0 Å². The summed E-state index contributed by atoms with van der Waals surface area (Å²) in [5, 5.41) is 8.74. The summed E-state index contributed by atoms with van der Waals surface area (Å²) in [7, 11) is 1.33. The Balaban J connectivity index is 2.40. The number of nitriles is 1. The predicted molar refractivity (Wildman–Crippen MR) is 67.1 cm³/mol. The number of benzene rings is 1. The number of nitrogen functional groups attached to an aromatic ring is 1. The van der Waals surface area contributed by atoms with Crippen LogP contribution in [0.4, 0.5) is 5.69 Å². The zero-order chi connectivity index (χ0) is 13.8. The van der Waals surface area contributed by atoms with E-state index in [0.717, 1.165) is 0 Å². The van der Waals surface area contributed by atoms with Crippen molar-refractivity contribution in [2.45, 2.75) is 0 Å². The van der Waals surface area contributed by atoms with Crippen molar-refractivity contribution in [1.82, 2.24) is 9.97 Å². The van der Waals surface area contributed by atoms with Gasteiger partial charge in [0.15, 0.2) is 5.75 Å². The molecule has 0 aliphatic carbocycles. The maximum absolute atomic E-state index is 11.5. The minimum absolute atomic E-state index is 0.00246. The first kappa shape index (κ1) is 12.4. The Bertz CT molecular complexity index is 703. The van der Waals surface area contributed by atoms with Gasteiger partial charge in [-0.2, -0.15) is 5.26 Å². The highest BCUT2D eigenvalue weighted by Crippen LogP contribution is 2.30. The summed E-state index contributed by atoms with van der Waals surface area (Å²) < 4.78 is 10.3. The van der Waals surface area contributed by atoms with Gasteiger partial charge in [0, 0.05) is 0 Å². The highest BCUT2D eigenvalue weighted by atomic mass is 16.5. The summed E-state index contributed by atoms with van der Waals surface area (Å²) in [5.41, 5.74) is 5.96. The lowest BCUT2D eigenvalue weighted by Gasteiger charge is -2.09. The van der Waals surface area contributed by atoms with Gasteiger partial charge in [-0.3, -0.25) is 4.79 Å². The van der Waals surface area contributed by atoms with E-state index in [4.69, 9.17) is 20.5 Å². The molecule has 0 saturated heterocycles. The van der Waals surface area contributed by atoms with Crippen LogP contribution < -0.4 is 20.8 Å². The molecule has 0 aliphatic rings. The van der Waals surface area contributed by atoms with E-state index < -0.39 is 5.56 Å². The Morgan fingerprint density at radius 1 is 1.47 bits per heavy atom. The Morgan fingerprint density at radius 2 is 2.26 bits per heavy atom. The first-order valence-electron chi connectivity index (χ1n) is 5.25. The average molecular weight is 258 g/mol. The molecule has 0 bridgehead atoms. The molecule has 0 fully saturated rings.